The minimum absolute atomic E-state index is 0.0112. The van der Waals surface area contributed by atoms with Gasteiger partial charge in [-0.05, 0) is 50.7 Å². The topological polar surface area (TPSA) is 94.0 Å². The highest BCUT2D eigenvalue weighted by Crippen LogP contribution is 2.41. The molecule has 2 aliphatic carbocycles. The van der Waals surface area contributed by atoms with Crippen molar-refractivity contribution in [2.24, 2.45) is 5.73 Å². The molecule has 0 atom stereocenters. The van der Waals surface area contributed by atoms with Gasteiger partial charge in [-0.3, -0.25) is 4.79 Å². The first-order valence-corrected chi connectivity index (χ1v) is 9.39. The number of nitrogens with two attached hydrogens (primary N) is 1. The minimum Gasteiger partial charge on any atom is -0.442 e. The minimum atomic E-state index is -0.514. The molecule has 2 aromatic heterocycles. The molecule has 0 unspecified atom stereocenters. The van der Waals surface area contributed by atoms with Gasteiger partial charge in [-0.1, -0.05) is 24.3 Å². The molecule has 1 aromatic carbocycles. The second kappa shape index (κ2) is 5.55. The zero-order valence-corrected chi connectivity index (χ0v) is 15.5. The number of anilines is 1. The Morgan fingerprint density at radius 3 is 2.48 bits per heavy atom. The lowest BCUT2D eigenvalue weighted by Gasteiger charge is -2.16. The van der Waals surface area contributed by atoms with E-state index in [1.165, 1.54) is 11.1 Å². The van der Waals surface area contributed by atoms with Crippen molar-refractivity contribution in [2.75, 3.05) is 5.32 Å². The fraction of sp³-hybridized carbons (Fsp3) is 0.381. The standard InChI is InChI=1S/C21H22N4O2/c1-11-15(17(22)26)16-19(25-21(2)7-8-21)23-18(24-20(16)27-11)14-9-12-5-3-4-6-13(12)10-14/h3-6,14H,7-10H2,1-2H3,(H2,22,26)(H,23,24,25). The Labute approximate surface area is 157 Å². The first-order valence-electron chi connectivity index (χ1n) is 9.39. The maximum absolute atomic E-state index is 12.0. The van der Waals surface area contributed by atoms with Gasteiger partial charge < -0.3 is 15.5 Å². The van der Waals surface area contributed by atoms with Crippen LogP contribution in [0.1, 0.15) is 58.8 Å². The van der Waals surface area contributed by atoms with Gasteiger partial charge in [0.15, 0.2) is 0 Å². The molecule has 0 spiro atoms. The van der Waals surface area contributed by atoms with Crippen LogP contribution in [-0.4, -0.2) is 21.4 Å². The van der Waals surface area contributed by atoms with E-state index in [1.54, 1.807) is 6.92 Å². The lowest BCUT2D eigenvalue weighted by atomic mass is 10.1. The van der Waals surface area contributed by atoms with E-state index in [0.29, 0.717) is 28.2 Å². The average Bonchev–Trinajstić information content (AvgIpc) is 3.06. The molecule has 0 bridgehead atoms. The molecule has 2 aliphatic rings. The zero-order valence-electron chi connectivity index (χ0n) is 15.5. The first kappa shape index (κ1) is 16.3. The number of furan rings is 1. The number of amides is 1. The quantitative estimate of drug-likeness (QED) is 0.741. The number of hydrogen-bond acceptors (Lipinski definition) is 5. The largest absolute Gasteiger partial charge is 0.442 e. The number of carbonyl (C=O) groups excluding carboxylic acids is 1. The zero-order chi connectivity index (χ0) is 18.8. The van der Waals surface area contributed by atoms with Crippen LogP contribution in [0.3, 0.4) is 0 Å². The van der Waals surface area contributed by atoms with Gasteiger partial charge in [-0.25, -0.2) is 4.98 Å². The summed E-state index contributed by atoms with van der Waals surface area (Å²) < 4.78 is 5.82. The van der Waals surface area contributed by atoms with Gasteiger partial charge in [-0.2, -0.15) is 4.98 Å². The SMILES string of the molecule is Cc1oc2nc(C3Cc4ccccc4C3)nc(NC3(C)CC3)c2c1C(N)=O. The number of nitrogens with one attached hydrogen (secondary N) is 1. The number of nitrogens with zero attached hydrogens (tertiary/aromatic N) is 2. The second-order valence-electron chi connectivity index (χ2n) is 8.07. The normalized spacial score (nSPS) is 17.9. The van der Waals surface area contributed by atoms with Crippen molar-refractivity contribution < 1.29 is 9.21 Å². The van der Waals surface area contributed by atoms with Gasteiger partial charge in [-0.15, -0.1) is 0 Å². The smallest absolute Gasteiger partial charge is 0.253 e. The lowest BCUT2D eigenvalue weighted by molar-refractivity contribution is 0.1000. The Morgan fingerprint density at radius 1 is 1.22 bits per heavy atom. The van der Waals surface area contributed by atoms with Crippen LogP contribution in [0.2, 0.25) is 0 Å². The van der Waals surface area contributed by atoms with Crippen LogP contribution in [0.15, 0.2) is 28.7 Å². The second-order valence-corrected chi connectivity index (χ2v) is 8.07. The fourth-order valence-electron chi connectivity index (χ4n) is 4.04. The Hall–Kier alpha value is -2.89. The Bertz CT molecular complexity index is 1060. The van der Waals surface area contributed by atoms with Gasteiger partial charge >= 0.3 is 0 Å². The van der Waals surface area contributed by atoms with E-state index in [2.05, 4.69) is 41.5 Å². The first-order chi connectivity index (χ1) is 12.9. The van der Waals surface area contributed by atoms with Crippen LogP contribution >= 0.6 is 0 Å². The summed E-state index contributed by atoms with van der Waals surface area (Å²) in [4.78, 5) is 21.5. The van der Waals surface area contributed by atoms with E-state index in [1.807, 2.05) is 0 Å². The van der Waals surface area contributed by atoms with E-state index in [4.69, 9.17) is 15.1 Å². The van der Waals surface area contributed by atoms with Gasteiger partial charge in [0.05, 0.1) is 10.9 Å². The summed E-state index contributed by atoms with van der Waals surface area (Å²) in [6, 6.07) is 8.48. The van der Waals surface area contributed by atoms with Crippen molar-refractivity contribution in [3.05, 3.63) is 52.5 Å². The highest BCUT2D eigenvalue weighted by Gasteiger charge is 2.39. The monoisotopic (exact) mass is 362 g/mol. The highest BCUT2D eigenvalue weighted by atomic mass is 16.3. The van der Waals surface area contributed by atoms with Crippen LogP contribution in [0, 0.1) is 6.92 Å². The molecular formula is C21H22N4O2. The summed E-state index contributed by atoms with van der Waals surface area (Å²) in [5.41, 5.74) is 9.13. The van der Waals surface area contributed by atoms with Crippen LogP contribution in [-0.2, 0) is 12.8 Å². The summed E-state index contributed by atoms with van der Waals surface area (Å²) in [5, 5.41) is 4.11. The van der Waals surface area contributed by atoms with Gasteiger partial charge in [0, 0.05) is 11.5 Å². The molecule has 138 valence electrons. The lowest BCUT2D eigenvalue weighted by Crippen LogP contribution is -2.20. The molecular weight excluding hydrogens is 340 g/mol. The number of aryl methyl sites for hydroxylation is 1. The van der Waals surface area contributed by atoms with Crippen molar-refractivity contribution in [1.29, 1.82) is 0 Å². The number of aromatic nitrogens is 2. The Morgan fingerprint density at radius 2 is 1.89 bits per heavy atom. The number of fused-ring (bicyclic) bond motifs is 2. The van der Waals surface area contributed by atoms with Crippen molar-refractivity contribution >= 4 is 22.8 Å². The summed E-state index contributed by atoms with van der Waals surface area (Å²) in [6.07, 6.45) is 3.98. The van der Waals surface area contributed by atoms with E-state index in [-0.39, 0.29) is 11.5 Å². The highest BCUT2D eigenvalue weighted by molar-refractivity contribution is 6.09. The Kier molecular flexibility index (Phi) is 3.35. The number of benzene rings is 1. The van der Waals surface area contributed by atoms with Crippen LogP contribution < -0.4 is 11.1 Å². The molecule has 6 nitrogen and oxygen atoms in total. The molecule has 1 fully saturated rings. The summed E-state index contributed by atoms with van der Waals surface area (Å²) in [7, 11) is 0. The third kappa shape index (κ3) is 2.67. The van der Waals surface area contributed by atoms with Crippen LogP contribution in [0.5, 0.6) is 0 Å². The predicted octanol–water partition coefficient (Wildman–Crippen LogP) is 3.48. The maximum Gasteiger partial charge on any atom is 0.253 e. The van der Waals surface area contributed by atoms with Crippen LogP contribution in [0.25, 0.3) is 11.1 Å². The molecule has 5 rings (SSSR count). The third-order valence-corrected chi connectivity index (χ3v) is 5.83. The van der Waals surface area contributed by atoms with Crippen LogP contribution in [0.4, 0.5) is 5.82 Å². The van der Waals surface area contributed by atoms with E-state index >= 15 is 0 Å². The summed E-state index contributed by atoms with van der Waals surface area (Å²) >= 11 is 0. The molecule has 3 N–H and O–H groups in total. The fourth-order valence-corrected chi connectivity index (χ4v) is 4.04. The van der Waals surface area contributed by atoms with E-state index < -0.39 is 5.91 Å². The summed E-state index contributed by atoms with van der Waals surface area (Å²) in [5.74, 6) is 1.61. The Balaban J connectivity index is 1.63. The number of rotatable bonds is 4. The molecule has 27 heavy (non-hydrogen) atoms. The van der Waals surface area contributed by atoms with Gasteiger partial charge in [0.25, 0.3) is 5.91 Å². The molecule has 1 saturated carbocycles. The number of primary amides is 1. The van der Waals surface area contributed by atoms with Gasteiger partial charge in [0.2, 0.25) is 5.71 Å². The molecule has 2 heterocycles. The van der Waals surface area contributed by atoms with Crippen molar-refractivity contribution in [2.45, 2.75) is 51.0 Å². The average molecular weight is 362 g/mol. The van der Waals surface area contributed by atoms with Crippen molar-refractivity contribution in [3.63, 3.8) is 0 Å². The third-order valence-electron chi connectivity index (χ3n) is 5.83. The summed E-state index contributed by atoms with van der Waals surface area (Å²) in [6.45, 7) is 3.90. The number of carbonyl (C=O) groups is 1. The number of hydrogen-bond donors (Lipinski definition) is 2. The molecule has 3 aromatic rings. The molecule has 0 saturated heterocycles. The maximum atomic E-state index is 12.0. The predicted molar refractivity (Wildman–Crippen MR) is 103 cm³/mol. The van der Waals surface area contributed by atoms with Gasteiger partial charge in [0.1, 0.15) is 17.4 Å². The molecule has 0 radical (unpaired) electrons. The molecule has 0 aliphatic heterocycles. The molecule has 6 heteroatoms. The molecule has 1 amide bonds. The van der Waals surface area contributed by atoms with Crippen molar-refractivity contribution in [3.8, 4) is 0 Å². The van der Waals surface area contributed by atoms with E-state index in [0.717, 1.165) is 31.5 Å². The van der Waals surface area contributed by atoms with Crippen molar-refractivity contribution in [1.82, 2.24) is 9.97 Å². The van der Waals surface area contributed by atoms with E-state index in [9.17, 15) is 4.79 Å².